The second-order valence-electron chi connectivity index (χ2n) is 8.42. The molecule has 1 aromatic rings. The van der Waals surface area contributed by atoms with Crippen LogP contribution in [0.4, 0.5) is 0 Å². The Bertz CT molecular complexity index is 1240. The minimum atomic E-state index is -5.63. The number of aromatic amines is 1. The van der Waals surface area contributed by atoms with Crippen LogP contribution < -0.4 is 16.6 Å². The fraction of sp³-hybridized carbons (Fsp3) is 0.706. The second-order valence-corrected chi connectivity index (χ2v) is 11.4. The molecule has 20 nitrogen and oxygen atoms in total. The minimum Gasteiger partial charge on any atom is -0.394 e. The van der Waals surface area contributed by atoms with E-state index in [0.29, 0.717) is 0 Å². The maximum absolute atomic E-state index is 12.4. The molecule has 3 rings (SSSR count). The molecule has 0 aromatic carbocycles. The van der Waals surface area contributed by atoms with E-state index in [1.807, 2.05) is 4.98 Å². The highest BCUT2D eigenvalue weighted by atomic mass is 31.3. The highest BCUT2D eigenvalue weighted by Crippen LogP contribution is 2.61. The summed E-state index contributed by atoms with van der Waals surface area (Å²) < 4.78 is 49.2. The molecule has 2 saturated heterocycles. The van der Waals surface area contributed by atoms with E-state index >= 15 is 0 Å². The standard InChI is InChI=1S/C17H27N3O17P2/c1-6(22)18-10-13(26)11(24)7(4-21)35-16(10)36-39(31,32)37-38(29,30)33-5-8-12(25)14(27)15(34-8)20-3-2-9(23)19-17(20)28/h2-3,7-8,10-16,21,24-27H,4-5H2,1H3,(H,18,22)(H,29,30)(H,31,32)(H,19,23,28)/t7-,8-,10-,11+,12+,13-,14?,15-,16-/m1/s1. The molecule has 1 amide bonds. The summed E-state index contributed by atoms with van der Waals surface area (Å²) in [5.74, 6) is -0.796. The molecule has 11 atom stereocenters. The van der Waals surface area contributed by atoms with Gasteiger partial charge in [-0.15, -0.1) is 0 Å². The summed E-state index contributed by atoms with van der Waals surface area (Å²) in [5.41, 5.74) is -1.75. The van der Waals surface area contributed by atoms with Gasteiger partial charge in [0.05, 0.1) is 13.2 Å². The molecule has 2 fully saturated rings. The van der Waals surface area contributed by atoms with Gasteiger partial charge >= 0.3 is 21.3 Å². The molecule has 3 heterocycles. The number of nitrogens with one attached hydrogen (secondary N) is 2. The van der Waals surface area contributed by atoms with Gasteiger partial charge in [-0.1, -0.05) is 0 Å². The van der Waals surface area contributed by atoms with Crippen molar-refractivity contribution in [3.05, 3.63) is 33.1 Å². The fourth-order valence-electron chi connectivity index (χ4n) is 3.76. The van der Waals surface area contributed by atoms with E-state index in [2.05, 4.69) is 18.7 Å². The van der Waals surface area contributed by atoms with Gasteiger partial charge in [0.15, 0.2) is 12.5 Å². The summed E-state index contributed by atoms with van der Waals surface area (Å²) in [6, 6.07) is -0.766. The predicted octanol–water partition coefficient (Wildman–Crippen LogP) is -4.65. The highest BCUT2D eigenvalue weighted by Gasteiger charge is 2.50. The van der Waals surface area contributed by atoms with Gasteiger partial charge in [-0.25, -0.2) is 13.9 Å². The normalized spacial score (nSPS) is 36.2. The van der Waals surface area contributed by atoms with Crippen molar-refractivity contribution in [3.63, 3.8) is 0 Å². The number of aliphatic hydroxyl groups is 5. The molecule has 2 aliphatic rings. The first-order valence-electron chi connectivity index (χ1n) is 11.0. The first kappa shape index (κ1) is 31.7. The molecule has 0 spiro atoms. The summed E-state index contributed by atoms with van der Waals surface area (Å²) in [7, 11) is -11.1. The van der Waals surface area contributed by atoms with E-state index in [-0.39, 0.29) is 0 Å². The van der Waals surface area contributed by atoms with Crippen molar-refractivity contribution in [2.24, 2.45) is 0 Å². The number of aromatic nitrogens is 2. The first-order valence-corrected chi connectivity index (χ1v) is 14.0. The topological polar surface area (TPSA) is 306 Å². The van der Waals surface area contributed by atoms with Crippen LogP contribution in [0.5, 0.6) is 0 Å². The smallest absolute Gasteiger partial charge is 0.394 e. The zero-order chi connectivity index (χ0) is 29.3. The number of ether oxygens (including phenoxy) is 2. The summed E-state index contributed by atoms with van der Waals surface area (Å²) in [6.07, 6.45) is -13.0. The number of phosphoric ester groups is 2. The number of carbonyl (C=O) groups is 1. The largest absolute Gasteiger partial charge is 0.483 e. The van der Waals surface area contributed by atoms with Gasteiger partial charge in [0.2, 0.25) is 5.91 Å². The number of aliphatic hydroxyl groups excluding tert-OH is 5. The van der Waals surface area contributed by atoms with Crippen molar-refractivity contribution < 1.29 is 72.1 Å². The number of H-pyrrole nitrogens is 1. The Morgan fingerprint density at radius 1 is 1.05 bits per heavy atom. The average molecular weight is 607 g/mol. The predicted molar refractivity (Wildman–Crippen MR) is 120 cm³/mol. The van der Waals surface area contributed by atoms with E-state index in [1.54, 1.807) is 0 Å². The zero-order valence-electron chi connectivity index (χ0n) is 19.8. The summed E-state index contributed by atoms with van der Waals surface area (Å²) in [4.78, 5) is 56.4. The van der Waals surface area contributed by atoms with Gasteiger partial charge in [0.1, 0.15) is 42.7 Å². The third-order valence-electron chi connectivity index (χ3n) is 5.56. The van der Waals surface area contributed by atoms with Crippen molar-refractivity contribution in [1.82, 2.24) is 14.9 Å². The quantitative estimate of drug-likeness (QED) is 0.113. The highest BCUT2D eigenvalue weighted by molar-refractivity contribution is 7.61. The third kappa shape index (κ3) is 7.66. The van der Waals surface area contributed by atoms with Crippen molar-refractivity contribution in [3.8, 4) is 0 Å². The van der Waals surface area contributed by atoms with Crippen molar-refractivity contribution in [1.29, 1.82) is 0 Å². The summed E-state index contributed by atoms with van der Waals surface area (Å²) in [5, 5.41) is 51.9. The zero-order valence-corrected chi connectivity index (χ0v) is 21.6. The lowest BCUT2D eigenvalue weighted by Gasteiger charge is -2.42. The lowest BCUT2D eigenvalue weighted by molar-refractivity contribution is -0.247. The van der Waals surface area contributed by atoms with Crippen LogP contribution in [-0.4, -0.2) is 113 Å². The molecular formula is C17H27N3O17P2. The molecule has 0 aliphatic carbocycles. The molecule has 0 radical (unpaired) electrons. The first-order chi connectivity index (χ1) is 18.0. The molecule has 0 bridgehead atoms. The van der Waals surface area contributed by atoms with Crippen LogP contribution in [0.3, 0.4) is 0 Å². The van der Waals surface area contributed by atoms with Gasteiger partial charge in [0.25, 0.3) is 5.56 Å². The van der Waals surface area contributed by atoms with Gasteiger partial charge < -0.3 is 50.1 Å². The number of nitrogens with zero attached hydrogens (tertiary/aromatic N) is 1. The molecule has 3 unspecified atom stereocenters. The number of carbonyl (C=O) groups excluding carboxylic acids is 1. The number of hydrogen-bond acceptors (Lipinski definition) is 15. The Labute approximate surface area is 217 Å². The van der Waals surface area contributed by atoms with E-state index in [0.717, 1.165) is 23.8 Å². The van der Waals surface area contributed by atoms with Crippen LogP contribution in [0.15, 0.2) is 21.9 Å². The number of phosphoric acid groups is 2. The van der Waals surface area contributed by atoms with E-state index in [9.17, 15) is 58.8 Å². The number of rotatable bonds is 10. The maximum Gasteiger partial charge on any atom is 0.483 e. The Balaban J connectivity index is 1.66. The molecule has 1 aromatic heterocycles. The lowest BCUT2D eigenvalue weighted by Crippen LogP contribution is -2.64. The molecular weight excluding hydrogens is 580 g/mol. The van der Waals surface area contributed by atoms with Crippen molar-refractivity contribution in [2.45, 2.75) is 62.1 Å². The second kappa shape index (κ2) is 12.3. The van der Waals surface area contributed by atoms with Gasteiger partial charge in [-0.2, -0.15) is 4.31 Å². The van der Waals surface area contributed by atoms with Crippen molar-refractivity contribution in [2.75, 3.05) is 13.2 Å². The van der Waals surface area contributed by atoms with E-state index in [4.69, 9.17) is 9.47 Å². The molecule has 22 heteroatoms. The Kier molecular flexibility index (Phi) is 10.0. The van der Waals surface area contributed by atoms with Crippen LogP contribution in [0, 0.1) is 0 Å². The Morgan fingerprint density at radius 2 is 1.69 bits per heavy atom. The van der Waals surface area contributed by atoms with Crippen LogP contribution in [0.2, 0.25) is 0 Å². The molecule has 9 N–H and O–H groups in total. The molecule has 0 saturated carbocycles. The minimum absolute atomic E-state index is 0.723. The molecule has 222 valence electrons. The summed E-state index contributed by atoms with van der Waals surface area (Å²) in [6.45, 7) is -0.940. The monoisotopic (exact) mass is 607 g/mol. The Hall–Kier alpha value is -1.87. The molecule has 2 aliphatic heterocycles. The maximum atomic E-state index is 12.4. The van der Waals surface area contributed by atoms with Crippen LogP contribution in [-0.2, 0) is 36.8 Å². The lowest BCUT2D eigenvalue weighted by atomic mass is 9.97. The van der Waals surface area contributed by atoms with E-state index < -0.39 is 101 Å². The SMILES string of the molecule is CC(=O)N[C@H]1[C@@H](OP(=O)(O)OP(=O)(O)OC[C@H]2O[C@@H](n3ccc(=O)[nH]c3=O)C(O)[C@H]2O)O[C@H](CO)[C@H](O)[C@@H]1O. The third-order valence-corrected chi connectivity index (χ3v) is 8.16. The van der Waals surface area contributed by atoms with Gasteiger partial charge in [-0.05, 0) is 0 Å². The van der Waals surface area contributed by atoms with Gasteiger partial charge in [-0.3, -0.25) is 28.2 Å². The van der Waals surface area contributed by atoms with Gasteiger partial charge in [0, 0.05) is 19.2 Å². The average Bonchev–Trinajstić information content (AvgIpc) is 3.10. The summed E-state index contributed by atoms with van der Waals surface area (Å²) >= 11 is 0. The van der Waals surface area contributed by atoms with E-state index in [1.165, 1.54) is 0 Å². The number of hydrogen-bond donors (Lipinski definition) is 9. The fourth-order valence-corrected chi connectivity index (χ4v) is 5.92. The molecule has 39 heavy (non-hydrogen) atoms. The number of amides is 1. The van der Waals surface area contributed by atoms with Crippen LogP contribution in [0.25, 0.3) is 0 Å². The Morgan fingerprint density at radius 3 is 2.28 bits per heavy atom. The van der Waals surface area contributed by atoms with Crippen LogP contribution >= 0.6 is 15.6 Å². The van der Waals surface area contributed by atoms with Crippen LogP contribution in [0.1, 0.15) is 13.2 Å². The van der Waals surface area contributed by atoms with Crippen molar-refractivity contribution >= 4 is 21.6 Å².